The van der Waals surface area contributed by atoms with E-state index < -0.39 is 0 Å². The third kappa shape index (κ3) is 1.85. The number of thioether (sulfide) groups is 1. The molecule has 2 aromatic carbocycles. The second-order valence-corrected chi connectivity index (χ2v) is 6.23. The van der Waals surface area contributed by atoms with E-state index in [1.165, 1.54) is 27.2 Å². The van der Waals surface area contributed by atoms with E-state index in [2.05, 4.69) is 66.7 Å². The van der Waals surface area contributed by atoms with Crippen molar-refractivity contribution in [3.63, 3.8) is 0 Å². The van der Waals surface area contributed by atoms with E-state index in [1.54, 1.807) is 0 Å². The average molecular weight is 262 g/mol. The van der Waals surface area contributed by atoms with Gasteiger partial charge in [0.1, 0.15) is 0 Å². The first-order valence-corrected chi connectivity index (χ1v) is 7.52. The largest absolute Gasteiger partial charge is 0.117 e. The number of hydrogen-bond acceptors (Lipinski definition) is 1. The van der Waals surface area contributed by atoms with Crippen LogP contribution in [0.2, 0.25) is 0 Å². The fourth-order valence-electron chi connectivity index (χ4n) is 2.87. The molecule has 0 nitrogen and oxygen atoms in total. The topological polar surface area (TPSA) is 0 Å². The molecule has 4 rings (SSSR count). The minimum Gasteiger partial charge on any atom is -0.117 e. The molecule has 92 valence electrons. The molecular weight excluding hydrogens is 248 g/mol. The first kappa shape index (κ1) is 11.1. The molecule has 0 saturated heterocycles. The molecule has 0 saturated carbocycles. The normalized spacial score (nSPS) is 20.3. The zero-order valence-electron chi connectivity index (χ0n) is 10.5. The molecule has 1 aliphatic heterocycles. The summed E-state index contributed by atoms with van der Waals surface area (Å²) in [5.74, 6) is 0. The van der Waals surface area contributed by atoms with Crippen molar-refractivity contribution < 1.29 is 0 Å². The quantitative estimate of drug-likeness (QED) is 0.694. The molecular formula is C18H14S. The Labute approximate surface area is 117 Å². The highest BCUT2D eigenvalue weighted by Crippen LogP contribution is 2.49. The van der Waals surface area contributed by atoms with Crippen molar-refractivity contribution in [3.8, 4) is 0 Å². The molecule has 0 bridgehead atoms. The number of fused-ring (bicyclic) bond motifs is 3. The first-order valence-electron chi connectivity index (χ1n) is 6.64. The maximum Gasteiger partial charge on any atom is 0.0391 e. The van der Waals surface area contributed by atoms with Crippen LogP contribution in [0.15, 0.2) is 71.6 Å². The van der Waals surface area contributed by atoms with Crippen LogP contribution in [-0.2, 0) is 0 Å². The Morgan fingerprint density at radius 3 is 2.53 bits per heavy atom. The van der Waals surface area contributed by atoms with Gasteiger partial charge < -0.3 is 0 Å². The molecule has 19 heavy (non-hydrogen) atoms. The minimum absolute atomic E-state index is 0.595. The van der Waals surface area contributed by atoms with Gasteiger partial charge in [-0.1, -0.05) is 60.7 Å². The fraction of sp³-hybridized carbons (Fsp3) is 0.111. The Kier molecular flexibility index (Phi) is 2.59. The number of hydrogen-bond donors (Lipinski definition) is 0. The van der Waals surface area contributed by atoms with Gasteiger partial charge in [0.25, 0.3) is 0 Å². The lowest BCUT2D eigenvalue weighted by atomic mass is 9.90. The van der Waals surface area contributed by atoms with Crippen molar-refractivity contribution in [1.29, 1.82) is 0 Å². The van der Waals surface area contributed by atoms with Crippen molar-refractivity contribution in [1.82, 2.24) is 0 Å². The summed E-state index contributed by atoms with van der Waals surface area (Å²) in [5.41, 5.74) is 5.74. The van der Waals surface area contributed by atoms with Gasteiger partial charge in [-0.25, -0.2) is 0 Å². The van der Waals surface area contributed by atoms with Gasteiger partial charge in [-0.15, -0.1) is 11.8 Å². The molecule has 1 heterocycles. The third-order valence-electron chi connectivity index (χ3n) is 3.83. The Hall–Kier alpha value is -1.73. The second kappa shape index (κ2) is 4.43. The molecule has 0 amide bonds. The van der Waals surface area contributed by atoms with Crippen LogP contribution in [0.4, 0.5) is 0 Å². The predicted octanol–water partition coefficient (Wildman–Crippen LogP) is 5.03. The van der Waals surface area contributed by atoms with Crippen LogP contribution in [0.1, 0.15) is 17.5 Å². The number of benzene rings is 2. The van der Waals surface area contributed by atoms with Gasteiger partial charge in [-0.2, -0.15) is 0 Å². The van der Waals surface area contributed by atoms with E-state index in [9.17, 15) is 0 Å². The average Bonchev–Trinajstić information content (AvgIpc) is 2.86. The van der Waals surface area contributed by atoms with E-state index in [1.807, 2.05) is 11.8 Å². The van der Waals surface area contributed by atoms with E-state index in [-0.39, 0.29) is 0 Å². The molecule has 0 N–H and O–H groups in total. The Morgan fingerprint density at radius 1 is 0.842 bits per heavy atom. The van der Waals surface area contributed by atoms with Gasteiger partial charge in [0, 0.05) is 10.1 Å². The molecule has 1 unspecified atom stereocenters. The van der Waals surface area contributed by atoms with E-state index in [4.69, 9.17) is 0 Å². The summed E-state index contributed by atoms with van der Waals surface area (Å²) in [7, 11) is 0. The molecule has 0 fully saturated rings. The predicted molar refractivity (Wildman–Crippen MR) is 83.1 cm³/mol. The highest BCUT2D eigenvalue weighted by Gasteiger charge is 2.29. The molecule has 0 spiro atoms. The third-order valence-corrected chi connectivity index (χ3v) is 5.14. The van der Waals surface area contributed by atoms with Gasteiger partial charge >= 0.3 is 0 Å². The van der Waals surface area contributed by atoms with Crippen LogP contribution in [0.25, 0.3) is 11.1 Å². The van der Waals surface area contributed by atoms with Gasteiger partial charge in [-0.3, -0.25) is 0 Å². The monoisotopic (exact) mass is 262 g/mol. The summed E-state index contributed by atoms with van der Waals surface area (Å²) in [6.07, 6.45) is 5.74. The summed E-state index contributed by atoms with van der Waals surface area (Å²) in [6, 6.07) is 19.5. The summed E-state index contributed by atoms with van der Waals surface area (Å²) < 4.78 is 0. The molecule has 2 aliphatic rings. The lowest BCUT2D eigenvalue weighted by Gasteiger charge is -2.18. The molecule has 0 radical (unpaired) electrons. The highest BCUT2D eigenvalue weighted by molar-refractivity contribution is 8.00. The lowest BCUT2D eigenvalue weighted by Crippen LogP contribution is -2.05. The van der Waals surface area contributed by atoms with Crippen LogP contribution < -0.4 is 0 Å². The maximum atomic E-state index is 2.31. The molecule has 1 atom stereocenters. The van der Waals surface area contributed by atoms with E-state index >= 15 is 0 Å². The zero-order valence-corrected chi connectivity index (χ0v) is 11.4. The number of rotatable bonds is 1. The molecule has 0 aromatic heterocycles. The summed E-state index contributed by atoms with van der Waals surface area (Å²) in [6.45, 7) is 0. The highest BCUT2D eigenvalue weighted by atomic mass is 32.2. The lowest BCUT2D eigenvalue weighted by molar-refractivity contribution is 1.11. The smallest absolute Gasteiger partial charge is 0.0391 e. The fourth-order valence-corrected chi connectivity index (χ4v) is 4.24. The van der Waals surface area contributed by atoms with Gasteiger partial charge in [0.15, 0.2) is 0 Å². The van der Waals surface area contributed by atoms with Crippen molar-refractivity contribution in [2.45, 2.75) is 16.6 Å². The van der Waals surface area contributed by atoms with Gasteiger partial charge in [-0.05, 0) is 34.8 Å². The van der Waals surface area contributed by atoms with Crippen LogP contribution in [0, 0.1) is 0 Å². The van der Waals surface area contributed by atoms with Crippen LogP contribution in [-0.4, -0.2) is 5.25 Å². The summed E-state index contributed by atoms with van der Waals surface area (Å²) in [4.78, 5) is 1.43. The molecule has 1 aliphatic carbocycles. The minimum atomic E-state index is 0.595. The maximum absolute atomic E-state index is 2.31. The molecule has 1 heteroatoms. The van der Waals surface area contributed by atoms with Gasteiger partial charge in [0.2, 0.25) is 0 Å². The molecule has 2 aromatic rings. The van der Waals surface area contributed by atoms with Crippen LogP contribution in [0.3, 0.4) is 0 Å². The Balaban J connectivity index is 1.74. The second-order valence-electron chi connectivity index (χ2n) is 4.99. The van der Waals surface area contributed by atoms with Crippen molar-refractivity contribution >= 4 is 22.9 Å². The van der Waals surface area contributed by atoms with Crippen LogP contribution >= 0.6 is 11.8 Å². The van der Waals surface area contributed by atoms with E-state index in [0.717, 1.165) is 6.42 Å². The standard InChI is InChI=1S/C18H14S/c1-2-6-13(7-3-1)14-10-11-16-15-8-4-5-9-17(15)19-18(16)12-14/h1-11,18H,12H2. The van der Waals surface area contributed by atoms with Crippen molar-refractivity contribution in [3.05, 3.63) is 77.9 Å². The van der Waals surface area contributed by atoms with Gasteiger partial charge in [0.05, 0.1) is 0 Å². The summed E-state index contributed by atoms with van der Waals surface area (Å²) in [5, 5.41) is 0.595. The Bertz CT molecular complexity index is 680. The zero-order chi connectivity index (χ0) is 12.7. The number of allylic oxidation sites excluding steroid dienone is 3. The van der Waals surface area contributed by atoms with Crippen molar-refractivity contribution in [2.24, 2.45) is 0 Å². The van der Waals surface area contributed by atoms with E-state index in [0.29, 0.717) is 5.25 Å². The van der Waals surface area contributed by atoms with Crippen LogP contribution in [0.5, 0.6) is 0 Å². The first-order chi connectivity index (χ1) is 9.42. The SMILES string of the molecule is C1=C(c2ccccc2)CC2Sc3ccccc3C2=C1. The van der Waals surface area contributed by atoms with Crippen molar-refractivity contribution in [2.75, 3.05) is 0 Å². The Morgan fingerprint density at radius 2 is 1.63 bits per heavy atom. The summed E-state index contributed by atoms with van der Waals surface area (Å²) >= 11 is 2.01.